The Morgan fingerprint density at radius 1 is 1.38 bits per heavy atom. The first-order valence-corrected chi connectivity index (χ1v) is 7.26. The summed E-state index contributed by atoms with van der Waals surface area (Å²) in [5.74, 6) is 0. The minimum absolute atomic E-state index is 0.381. The zero-order chi connectivity index (χ0) is 11.5. The van der Waals surface area contributed by atoms with Gasteiger partial charge in [0.15, 0.2) is 0 Å². The number of alkyl halides is 1. The molecule has 0 fully saturated rings. The summed E-state index contributed by atoms with van der Waals surface area (Å²) in [6.07, 6.45) is 0.974. The van der Waals surface area contributed by atoms with E-state index in [1.807, 2.05) is 18.2 Å². The Hall–Kier alpha value is -0.310. The van der Waals surface area contributed by atoms with Gasteiger partial charge in [0.2, 0.25) is 0 Å². The Labute approximate surface area is 113 Å². The van der Waals surface area contributed by atoms with Crippen LogP contribution in [0.1, 0.15) is 20.8 Å². The normalized spacial score (nSPS) is 12.7. The van der Waals surface area contributed by atoms with E-state index in [-0.39, 0.29) is 0 Å². The van der Waals surface area contributed by atoms with E-state index in [9.17, 15) is 0 Å². The van der Waals surface area contributed by atoms with E-state index in [1.165, 1.54) is 16.0 Å². The molecule has 0 radical (unpaired) electrons. The molecule has 0 N–H and O–H groups in total. The molecule has 0 saturated carbocycles. The van der Waals surface area contributed by atoms with Crippen molar-refractivity contribution in [3.05, 3.63) is 56.7 Å². The van der Waals surface area contributed by atoms with Crippen LogP contribution in [0.25, 0.3) is 0 Å². The van der Waals surface area contributed by atoms with Crippen LogP contribution in [0.4, 0.5) is 0 Å². The SMILES string of the molecule is Cc1ccsc1C(Br)Cc1cccc(Cl)c1. The van der Waals surface area contributed by atoms with Crippen molar-refractivity contribution < 1.29 is 0 Å². The van der Waals surface area contributed by atoms with Gasteiger partial charge < -0.3 is 0 Å². The molecule has 3 heteroatoms. The molecule has 1 aromatic heterocycles. The molecule has 0 spiro atoms. The molecule has 0 amide bonds. The third-order valence-corrected chi connectivity index (χ3v) is 4.94. The van der Waals surface area contributed by atoms with E-state index in [2.05, 4.69) is 40.4 Å². The van der Waals surface area contributed by atoms with E-state index < -0.39 is 0 Å². The lowest BCUT2D eigenvalue weighted by Gasteiger charge is -2.09. The highest BCUT2D eigenvalue weighted by molar-refractivity contribution is 9.09. The van der Waals surface area contributed by atoms with Gasteiger partial charge in [-0.3, -0.25) is 0 Å². The first-order chi connectivity index (χ1) is 7.66. The quantitative estimate of drug-likeness (QED) is 0.666. The molecule has 1 unspecified atom stereocenters. The van der Waals surface area contributed by atoms with Crippen LogP contribution in [-0.4, -0.2) is 0 Å². The topological polar surface area (TPSA) is 0 Å². The number of hydrogen-bond donors (Lipinski definition) is 0. The van der Waals surface area contributed by atoms with Crippen molar-refractivity contribution >= 4 is 38.9 Å². The Balaban J connectivity index is 2.14. The summed E-state index contributed by atoms with van der Waals surface area (Å²) in [4.78, 5) is 1.78. The van der Waals surface area contributed by atoms with Crippen LogP contribution in [0.2, 0.25) is 5.02 Å². The lowest BCUT2D eigenvalue weighted by Crippen LogP contribution is -1.94. The van der Waals surface area contributed by atoms with E-state index in [0.29, 0.717) is 4.83 Å². The molecule has 1 aromatic carbocycles. The fourth-order valence-corrected chi connectivity index (χ4v) is 3.84. The fraction of sp³-hybridized carbons (Fsp3) is 0.231. The van der Waals surface area contributed by atoms with Gasteiger partial charge >= 0.3 is 0 Å². The second-order valence-electron chi connectivity index (χ2n) is 3.77. The summed E-state index contributed by atoms with van der Waals surface area (Å²) < 4.78 is 0. The maximum atomic E-state index is 5.97. The summed E-state index contributed by atoms with van der Waals surface area (Å²) in [6.45, 7) is 2.15. The smallest absolute Gasteiger partial charge is 0.0532 e. The van der Waals surface area contributed by atoms with Crippen LogP contribution in [0.15, 0.2) is 35.7 Å². The first kappa shape index (κ1) is 12.2. The molecule has 0 aliphatic rings. The number of rotatable bonds is 3. The third kappa shape index (κ3) is 2.88. The van der Waals surface area contributed by atoms with Gasteiger partial charge in [-0.15, -0.1) is 11.3 Å². The van der Waals surface area contributed by atoms with Crippen LogP contribution in [-0.2, 0) is 6.42 Å². The third-order valence-electron chi connectivity index (χ3n) is 2.49. The van der Waals surface area contributed by atoms with E-state index in [4.69, 9.17) is 11.6 Å². The summed E-state index contributed by atoms with van der Waals surface area (Å²) >= 11 is 11.5. The lowest BCUT2D eigenvalue weighted by molar-refractivity contribution is 0.961. The van der Waals surface area contributed by atoms with Crippen molar-refractivity contribution in [2.45, 2.75) is 18.2 Å². The van der Waals surface area contributed by atoms with Crippen molar-refractivity contribution in [1.29, 1.82) is 0 Å². The standard InChI is InChI=1S/C13H12BrClS/c1-9-5-6-16-13(9)12(14)8-10-3-2-4-11(15)7-10/h2-7,12H,8H2,1H3. The van der Waals surface area contributed by atoms with Gasteiger partial charge in [0, 0.05) is 9.90 Å². The highest BCUT2D eigenvalue weighted by atomic mass is 79.9. The Bertz CT molecular complexity index is 478. The zero-order valence-electron chi connectivity index (χ0n) is 8.91. The molecule has 0 aliphatic carbocycles. The zero-order valence-corrected chi connectivity index (χ0v) is 12.1. The number of halogens is 2. The molecule has 0 saturated heterocycles. The van der Waals surface area contributed by atoms with Crippen molar-refractivity contribution in [3.8, 4) is 0 Å². The second-order valence-corrected chi connectivity index (χ2v) is 6.26. The van der Waals surface area contributed by atoms with Crippen LogP contribution in [0.3, 0.4) is 0 Å². The summed E-state index contributed by atoms with van der Waals surface area (Å²) in [5.41, 5.74) is 2.62. The predicted octanol–water partition coefficient (Wildman–Crippen LogP) is 5.39. The molecule has 84 valence electrons. The van der Waals surface area contributed by atoms with Gasteiger partial charge in [0.05, 0.1) is 4.83 Å². The van der Waals surface area contributed by atoms with Gasteiger partial charge in [-0.25, -0.2) is 0 Å². The molecule has 1 heterocycles. The molecule has 2 aromatic rings. The lowest BCUT2D eigenvalue weighted by atomic mass is 10.1. The summed E-state index contributed by atoms with van der Waals surface area (Å²) in [6, 6.07) is 10.2. The monoisotopic (exact) mass is 314 g/mol. The van der Waals surface area contributed by atoms with Crippen molar-refractivity contribution in [1.82, 2.24) is 0 Å². The highest BCUT2D eigenvalue weighted by Gasteiger charge is 2.12. The minimum Gasteiger partial charge on any atom is -0.147 e. The van der Waals surface area contributed by atoms with Crippen LogP contribution < -0.4 is 0 Å². The van der Waals surface area contributed by atoms with E-state index in [1.54, 1.807) is 11.3 Å². The molecule has 0 nitrogen and oxygen atoms in total. The largest absolute Gasteiger partial charge is 0.147 e. The number of aryl methyl sites for hydroxylation is 1. The summed E-state index contributed by atoms with van der Waals surface area (Å²) in [5, 5.41) is 2.94. The van der Waals surface area contributed by atoms with Gasteiger partial charge in [0.25, 0.3) is 0 Å². The maximum Gasteiger partial charge on any atom is 0.0532 e. The molecular weight excluding hydrogens is 304 g/mol. The Morgan fingerprint density at radius 3 is 2.81 bits per heavy atom. The van der Waals surface area contributed by atoms with Crippen molar-refractivity contribution in [2.75, 3.05) is 0 Å². The van der Waals surface area contributed by atoms with Crippen molar-refractivity contribution in [3.63, 3.8) is 0 Å². The molecule has 1 atom stereocenters. The number of hydrogen-bond acceptors (Lipinski definition) is 1. The summed E-state index contributed by atoms with van der Waals surface area (Å²) in [7, 11) is 0. The predicted molar refractivity (Wildman–Crippen MR) is 75.9 cm³/mol. The van der Waals surface area contributed by atoms with Gasteiger partial charge in [-0.1, -0.05) is 39.7 Å². The van der Waals surface area contributed by atoms with Crippen LogP contribution in [0, 0.1) is 6.92 Å². The molecule has 0 bridgehead atoms. The van der Waals surface area contributed by atoms with Crippen LogP contribution in [0.5, 0.6) is 0 Å². The van der Waals surface area contributed by atoms with E-state index >= 15 is 0 Å². The van der Waals surface area contributed by atoms with Gasteiger partial charge in [-0.05, 0) is 48.1 Å². The average Bonchev–Trinajstić information content (AvgIpc) is 2.64. The Kier molecular flexibility index (Phi) is 4.06. The maximum absolute atomic E-state index is 5.97. The first-order valence-electron chi connectivity index (χ1n) is 5.09. The van der Waals surface area contributed by atoms with Gasteiger partial charge in [-0.2, -0.15) is 0 Å². The molecule has 0 aliphatic heterocycles. The van der Waals surface area contributed by atoms with Crippen molar-refractivity contribution in [2.24, 2.45) is 0 Å². The van der Waals surface area contributed by atoms with Gasteiger partial charge in [0.1, 0.15) is 0 Å². The number of thiophene rings is 1. The molecular formula is C13H12BrClS. The fourth-order valence-electron chi connectivity index (χ4n) is 1.67. The van der Waals surface area contributed by atoms with Crippen LogP contribution >= 0.6 is 38.9 Å². The second kappa shape index (κ2) is 5.35. The minimum atomic E-state index is 0.381. The van der Waals surface area contributed by atoms with E-state index in [0.717, 1.165) is 11.4 Å². The number of benzene rings is 1. The Morgan fingerprint density at radius 2 is 2.19 bits per heavy atom. The molecule has 2 rings (SSSR count). The average molecular weight is 316 g/mol. The highest BCUT2D eigenvalue weighted by Crippen LogP contribution is 2.33. The molecule has 16 heavy (non-hydrogen) atoms.